The van der Waals surface area contributed by atoms with Crippen LogP contribution in [0.25, 0.3) is 0 Å². The molecule has 2 rings (SSSR count). The second-order valence-corrected chi connectivity index (χ2v) is 12.3. The van der Waals surface area contributed by atoms with Crippen molar-refractivity contribution in [1.29, 1.82) is 0 Å². The zero-order chi connectivity index (χ0) is 23.5. The number of rotatable bonds is 10. The summed E-state index contributed by atoms with van der Waals surface area (Å²) in [4.78, 5) is 20.1. The Hall–Kier alpha value is -1.20. The maximum absolute atomic E-state index is 10.1. The fourth-order valence-electron chi connectivity index (χ4n) is 1.95. The van der Waals surface area contributed by atoms with Crippen molar-refractivity contribution in [3.05, 3.63) is 60.7 Å². The van der Waals surface area contributed by atoms with Crippen LogP contribution in [0.5, 0.6) is 0 Å². The van der Waals surface area contributed by atoms with E-state index in [0.29, 0.717) is 12.8 Å². The van der Waals surface area contributed by atoms with Gasteiger partial charge in [-0.05, 0) is 36.9 Å². The molecule has 0 aliphatic heterocycles. The second-order valence-electron chi connectivity index (χ2n) is 6.31. The molecule has 6 nitrogen and oxygen atoms in total. The fourth-order valence-corrected chi connectivity index (χ4v) is 5.93. The molecule has 0 fully saturated rings. The SMILES string of the molecule is CSCCC(N)C(=O)O.CSCCC(N)C(=O)O.c1cc[c]([Sn][c]2ccccc2)cc1. The summed E-state index contributed by atoms with van der Waals surface area (Å²) in [5.41, 5.74) is 10.4. The Labute approximate surface area is 203 Å². The standard InChI is InChI=1S/2C6H5.2C5H11NO2S.Sn/c2*1-2-4-6-5-3-1;2*1-9-3-2-4(6)5(7)8;/h2*1-5H;2*4H,2-3,6H2,1H3,(H,7,8);. The van der Waals surface area contributed by atoms with Crippen LogP contribution in [0.1, 0.15) is 12.8 Å². The Morgan fingerprint density at radius 2 is 1.10 bits per heavy atom. The molecular formula is C22H32N2O4S2Sn. The predicted octanol–water partition coefficient (Wildman–Crippen LogP) is 1.64. The first kappa shape index (κ1) is 29.8. The van der Waals surface area contributed by atoms with Gasteiger partial charge in [0.25, 0.3) is 0 Å². The molecule has 2 aromatic carbocycles. The molecule has 0 saturated carbocycles. The number of aliphatic carboxylic acids is 2. The third-order valence-electron chi connectivity index (χ3n) is 3.74. The van der Waals surface area contributed by atoms with Gasteiger partial charge in [0.05, 0.1) is 0 Å². The zero-order valence-corrected chi connectivity index (χ0v) is 22.4. The summed E-state index contributed by atoms with van der Waals surface area (Å²) < 4.78 is 3.08. The zero-order valence-electron chi connectivity index (χ0n) is 17.9. The molecule has 6 N–H and O–H groups in total. The van der Waals surface area contributed by atoms with E-state index in [2.05, 4.69) is 60.7 Å². The summed E-state index contributed by atoms with van der Waals surface area (Å²) in [6.45, 7) is 0. The van der Waals surface area contributed by atoms with Crippen molar-refractivity contribution < 1.29 is 19.8 Å². The molecule has 2 aromatic rings. The number of hydrogen-bond acceptors (Lipinski definition) is 6. The van der Waals surface area contributed by atoms with E-state index < -0.39 is 45.2 Å². The number of nitrogens with two attached hydrogens (primary N) is 2. The molecule has 0 bridgehead atoms. The maximum atomic E-state index is 10.1. The first-order valence-corrected chi connectivity index (χ1v) is 15.3. The van der Waals surface area contributed by atoms with E-state index in [-0.39, 0.29) is 0 Å². The molecule has 0 heterocycles. The number of benzene rings is 2. The fraction of sp³-hybridized carbons (Fsp3) is 0.364. The van der Waals surface area contributed by atoms with Crippen molar-refractivity contribution in [2.24, 2.45) is 11.5 Å². The minimum atomic E-state index is -0.913. The van der Waals surface area contributed by atoms with Gasteiger partial charge in [0.15, 0.2) is 0 Å². The second kappa shape index (κ2) is 19.5. The average Bonchev–Trinajstić information content (AvgIpc) is 2.78. The molecule has 0 aliphatic rings. The Morgan fingerprint density at radius 3 is 1.35 bits per heavy atom. The van der Waals surface area contributed by atoms with Gasteiger partial charge in [-0.25, -0.2) is 0 Å². The molecule has 9 heteroatoms. The molecule has 170 valence electrons. The van der Waals surface area contributed by atoms with E-state index in [1.54, 1.807) is 23.5 Å². The van der Waals surface area contributed by atoms with Crippen LogP contribution in [0.15, 0.2) is 60.7 Å². The summed E-state index contributed by atoms with van der Waals surface area (Å²) in [6, 6.07) is 20.2. The van der Waals surface area contributed by atoms with E-state index in [1.165, 1.54) is 7.16 Å². The van der Waals surface area contributed by atoms with Crippen LogP contribution < -0.4 is 18.6 Å². The Balaban J connectivity index is 0.000000452. The van der Waals surface area contributed by atoms with Gasteiger partial charge in [-0.1, -0.05) is 0 Å². The van der Waals surface area contributed by atoms with Gasteiger partial charge in [-0.3, -0.25) is 9.59 Å². The molecule has 31 heavy (non-hydrogen) atoms. The predicted molar refractivity (Wildman–Crippen MR) is 135 cm³/mol. The van der Waals surface area contributed by atoms with Gasteiger partial charge < -0.3 is 21.7 Å². The van der Waals surface area contributed by atoms with Crippen molar-refractivity contribution in [1.82, 2.24) is 0 Å². The summed E-state index contributed by atoms with van der Waals surface area (Å²) in [7, 11) is 0. The third-order valence-corrected chi connectivity index (χ3v) is 8.58. The van der Waals surface area contributed by atoms with Gasteiger partial charge in [-0.2, -0.15) is 23.5 Å². The first-order chi connectivity index (χ1) is 14.8. The van der Waals surface area contributed by atoms with Crippen molar-refractivity contribution in [3.8, 4) is 0 Å². The number of carbonyl (C=O) groups is 2. The molecule has 0 aromatic heterocycles. The van der Waals surface area contributed by atoms with Crippen LogP contribution in [0.2, 0.25) is 0 Å². The van der Waals surface area contributed by atoms with E-state index in [1.807, 2.05) is 12.5 Å². The van der Waals surface area contributed by atoms with Crippen molar-refractivity contribution in [3.63, 3.8) is 0 Å². The molecular weight excluding hydrogens is 539 g/mol. The molecule has 2 radical (unpaired) electrons. The normalized spacial score (nSPS) is 11.7. The van der Waals surface area contributed by atoms with Crippen LogP contribution in [0, 0.1) is 0 Å². The van der Waals surface area contributed by atoms with Crippen LogP contribution in [-0.2, 0) is 9.59 Å². The Morgan fingerprint density at radius 1 is 0.774 bits per heavy atom. The van der Waals surface area contributed by atoms with Crippen LogP contribution >= 0.6 is 23.5 Å². The Kier molecular flexibility index (Phi) is 18.7. The van der Waals surface area contributed by atoms with Crippen molar-refractivity contribution >= 4 is 63.8 Å². The molecule has 2 unspecified atom stereocenters. The molecule has 0 amide bonds. The van der Waals surface area contributed by atoms with E-state index in [0.717, 1.165) is 11.5 Å². The quantitative estimate of drug-likeness (QED) is 0.318. The van der Waals surface area contributed by atoms with Gasteiger partial charge in [0.1, 0.15) is 12.1 Å². The monoisotopic (exact) mass is 572 g/mol. The van der Waals surface area contributed by atoms with Crippen LogP contribution in [0.3, 0.4) is 0 Å². The summed E-state index contributed by atoms with van der Waals surface area (Å²) in [5, 5.41) is 16.5. The summed E-state index contributed by atoms with van der Waals surface area (Å²) in [6.07, 6.45) is 4.95. The number of hydrogen-bond donors (Lipinski definition) is 4. The topological polar surface area (TPSA) is 127 Å². The van der Waals surface area contributed by atoms with Crippen molar-refractivity contribution in [2.75, 3.05) is 24.0 Å². The third kappa shape index (κ3) is 17.1. The van der Waals surface area contributed by atoms with Crippen molar-refractivity contribution in [2.45, 2.75) is 24.9 Å². The van der Waals surface area contributed by atoms with Crippen LogP contribution in [-0.4, -0.2) is 79.4 Å². The van der Waals surface area contributed by atoms with E-state index >= 15 is 0 Å². The van der Waals surface area contributed by atoms with Gasteiger partial charge in [0, 0.05) is 0 Å². The molecule has 0 saturated heterocycles. The first-order valence-electron chi connectivity index (χ1n) is 9.63. The minimum absolute atomic E-state index is 0.517. The van der Waals surface area contributed by atoms with Gasteiger partial charge >= 0.3 is 101 Å². The molecule has 0 aliphatic carbocycles. The van der Waals surface area contributed by atoms with Crippen LogP contribution in [0.4, 0.5) is 0 Å². The number of thioether (sulfide) groups is 2. The number of carboxylic acids is 2. The van der Waals surface area contributed by atoms with E-state index in [4.69, 9.17) is 21.7 Å². The van der Waals surface area contributed by atoms with E-state index in [9.17, 15) is 9.59 Å². The summed E-state index contributed by atoms with van der Waals surface area (Å²) >= 11 is 2.69. The summed E-state index contributed by atoms with van der Waals surface area (Å²) in [5.74, 6) is -0.200. The van der Waals surface area contributed by atoms with Gasteiger partial charge in [0.2, 0.25) is 0 Å². The molecule has 0 spiro atoms. The average molecular weight is 571 g/mol. The van der Waals surface area contributed by atoms with Gasteiger partial charge in [-0.15, -0.1) is 0 Å². The Bertz CT molecular complexity index is 662. The number of carboxylic acid groups (broad SMARTS) is 2. The molecule has 2 atom stereocenters.